The lowest BCUT2D eigenvalue weighted by Crippen LogP contribution is -2.12. The van der Waals surface area contributed by atoms with Crippen LogP contribution >= 0.6 is 11.3 Å². The average molecular weight is 301 g/mol. The third-order valence-corrected chi connectivity index (χ3v) is 4.49. The molecule has 0 unspecified atom stereocenters. The van der Waals surface area contributed by atoms with Crippen LogP contribution in [0.3, 0.4) is 0 Å². The van der Waals surface area contributed by atoms with E-state index in [0.717, 1.165) is 34.0 Å². The maximum atomic E-state index is 12.4. The highest BCUT2D eigenvalue weighted by atomic mass is 32.1. The molecule has 0 fully saturated rings. The Labute approximate surface area is 129 Å². The van der Waals surface area contributed by atoms with E-state index in [4.69, 9.17) is 4.74 Å². The molecule has 1 aromatic carbocycles. The predicted molar refractivity (Wildman–Crippen MR) is 84.5 cm³/mol. The van der Waals surface area contributed by atoms with Crippen LogP contribution in [-0.2, 0) is 18.3 Å². The van der Waals surface area contributed by atoms with Crippen LogP contribution in [0.15, 0.2) is 23.6 Å². The molecule has 0 spiro atoms. The third-order valence-electron chi connectivity index (χ3n) is 3.64. The Morgan fingerprint density at radius 3 is 2.90 bits per heavy atom. The van der Waals surface area contributed by atoms with Crippen molar-refractivity contribution in [3.63, 3.8) is 0 Å². The van der Waals surface area contributed by atoms with Gasteiger partial charge in [0, 0.05) is 22.8 Å². The highest BCUT2D eigenvalue weighted by Crippen LogP contribution is 2.27. The monoisotopic (exact) mass is 301 g/mol. The molecule has 3 rings (SSSR count). The van der Waals surface area contributed by atoms with E-state index in [1.807, 2.05) is 18.2 Å². The smallest absolute Gasteiger partial charge is 0.169 e. The predicted octanol–water partition coefficient (Wildman–Crippen LogP) is 3.80. The number of rotatable bonds is 3. The molecule has 1 aliphatic rings. The van der Waals surface area contributed by atoms with Gasteiger partial charge in [0.2, 0.25) is 0 Å². The van der Waals surface area contributed by atoms with Crippen molar-refractivity contribution >= 4 is 17.1 Å². The largest absolute Gasteiger partial charge is 0.493 e. The third kappa shape index (κ3) is 3.00. The standard InChI is InChI=1S/C17H19NO2S/c1-17(2,3)15-10-21-16(18-15)9-13(19)11-4-5-14-12(8-11)6-7-20-14/h4-5,8,10H,6-7,9H2,1-3H3. The van der Waals surface area contributed by atoms with E-state index in [0.29, 0.717) is 13.0 Å². The number of ether oxygens (including phenoxy) is 1. The summed E-state index contributed by atoms with van der Waals surface area (Å²) in [6.45, 7) is 7.12. The number of fused-ring (bicyclic) bond motifs is 1. The van der Waals surface area contributed by atoms with Crippen molar-refractivity contribution in [2.45, 2.75) is 39.0 Å². The molecule has 0 N–H and O–H groups in total. The Morgan fingerprint density at radius 2 is 2.19 bits per heavy atom. The van der Waals surface area contributed by atoms with Gasteiger partial charge in [-0.25, -0.2) is 4.98 Å². The first-order chi connectivity index (χ1) is 9.93. The summed E-state index contributed by atoms with van der Waals surface area (Å²) >= 11 is 1.57. The number of carbonyl (C=O) groups excluding carboxylic acids is 1. The number of carbonyl (C=O) groups is 1. The van der Waals surface area contributed by atoms with Gasteiger partial charge in [-0.1, -0.05) is 20.8 Å². The molecule has 2 aromatic rings. The average Bonchev–Trinajstić information content (AvgIpc) is 3.04. The fraction of sp³-hybridized carbons (Fsp3) is 0.412. The van der Waals surface area contributed by atoms with Crippen LogP contribution in [-0.4, -0.2) is 17.4 Å². The maximum absolute atomic E-state index is 12.4. The second kappa shape index (κ2) is 5.26. The van der Waals surface area contributed by atoms with E-state index in [9.17, 15) is 4.79 Å². The van der Waals surface area contributed by atoms with Gasteiger partial charge in [0.1, 0.15) is 10.8 Å². The van der Waals surface area contributed by atoms with Crippen molar-refractivity contribution in [3.8, 4) is 5.75 Å². The van der Waals surface area contributed by atoms with E-state index in [2.05, 4.69) is 31.1 Å². The Kier molecular flexibility index (Phi) is 3.57. The van der Waals surface area contributed by atoms with Gasteiger partial charge in [0.15, 0.2) is 5.78 Å². The van der Waals surface area contributed by atoms with Gasteiger partial charge in [0.05, 0.1) is 18.7 Å². The molecular weight excluding hydrogens is 282 g/mol. The van der Waals surface area contributed by atoms with E-state index in [-0.39, 0.29) is 11.2 Å². The summed E-state index contributed by atoms with van der Waals surface area (Å²) in [5, 5.41) is 2.95. The second-order valence-electron chi connectivity index (χ2n) is 6.40. The second-order valence-corrected chi connectivity index (χ2v) is 7.34. The Morgan fingerprint density at radius 1 is 1.38 bits per heavy atom. The molecule has 1 aromatic heterocycles. The van der Waals surface area contributed by atoms with Crippen LogP contribution in [0.5, 0.6) is 5.75 Å². The molecule has 0 saturated heterocycles. The molecule has 0 bridgehead atoms. The van der Waals surface area contributed by atoms with Crippen molar-refractivity contribution in [3.05, 3.63) is 45.4 Å². The normalized spacial score (nSPS) is 13.9. The van der Waals surface area contributed by atoms with Gasteiger partial charge in [-0.3, -0.25) is 4.79 Å². The highest BCUT2D eigenvalue weighted by molar-refractivity contribution is 7.09. The van der Waals surface area contributed by atoms with Gasteiger partial charge in [0.25, 0.3) is 0 Å². The summed E-state index contributed by atoms with van der Waals surface area (Å²) in [6, 6.07) is 5.71. The van der Waals surface area contributed by atoms with Crippen molar-refractivity contribution < 1.29 is 9.53 Å². The molecule has 0 atom stereocenters. The summed E-state index contributed by atoms with van der Waals surface area (Å²) < 4.78 is 5.47. The fourth-order valence-electron chi connectivity index (χ4n) is 2.34. The molecule has 110 valence electrons. The molecule has 4 heteroatoms. The number of benzene rings is 1. The number of hydrogen-bond acceptors (Lipinski definition) is 4. The lowest BCUT2D eigenvalue weighted by Gasteiger charge is -2.14. The summed E-state index contributed by atoms with van der Waals surface area (Å²) in [5.41, 5.74) is 2.97. The molecule has 0 saturated carbocycles. The molecule has 1 aliphatic heterocycles. The molecule has 2 heterocycles. The van der Waals surface area contributed by atoms with Crippen LogP contribution in [0.1, 0.15) is 47.4 Å². The number of hydrogen-bond donors (Lipinski definition) is 0. The van der Waals surface area contributed by atoms with Gasteiger partial charge in [-0.2, -0.15) is 0 Å². The van der Waals surface area contributed by atoms with Crippen LogP contribution in [0.25, 0.3) is 0 Å². The number of Topliss-reactive ketones (excluding diaryl/α,β-unsaturated/α-hetero) is 1. The van der Waals surface area contributed by atoms with Crippen molar-refractivity contribution in [1.29, 1.82) is 0 Å². The highest BCUT2D eigenvalue weighted by Gasteiger charge is 2.19. The summed E-state index contributed by atoms with van der Waals surface area (Å²) in [4.78, 5) is 17.0. The molecule has 0 amide bonds. The molecular formula is C17H19NO2S. The quantitative estimate of drug-likeness (QED) is 0.809. The first-order valence-electron chi connectivity index (χ1n) is 7.17. The lowest BCUT2D eigenvalue weighted by molar-refractivity contribution is 0.0992. The topological polar surface area (TPSA) is 39.2 Å². The summed E-state index contributed by atoms with van der Waals surface area (Å²) in [5.74, 6) is 1.04. The van der Waals surface area contributed by atoms with E-state index < -0.39 is 0 Å². The minimum atomic E-state index is 0.0305. The number of ketones is 1. The lowest BCUT2D eigenvalue weighted by atomic mass is 9.93. The van der Waals surface area contributed by atoms with Crippen LogP contribution < -0.4 is 4.74 Å². The zero-order chi connectivity index (χ0) is 15.0. The Balaban J connectivity index is 1.76. The molecule has 21 heavy (non-hydrogen) atoms. The minimum absolute atomic E-state index is 0.0305. The maximum Gasteiger partial charge on any atom is 0.169 e. The van der Waals surface area contributed by atoms with Gasteiger partial charge < -0.3 is 4.74 Å². The van der Waals surface area contributed by atoms with Gasteiger partial charge in [-0.15, -0.1) is 11.3 Å². The van der Waals surface area contributed by atoms with Gasteiger partial charge in [-0.05, 0) is 23.8 Å². The summed E-state index contributed by atoms with van der Waals surface area (Å²) in [7, 11) is 0. The molecule has 0 aliphatic carbocycles. The zero-order valence-corrected chi connectivity index (χ0v) is 13.4. The number of aromatic nitrogens is 1. The van der Waals surface area contributed by atoms with Crippen molar-refractivity contribution in [2.24, 2.45) is 0 Å². The fourth-order valence-corrected chi connectivity index (χ4v) is 3.36. The summed E-state index contributed by atoms with van der Waals surface area (Å²) in [6.07, 6.45) is 1.27. The Bertz CT molecular complexity index is 682. The van der Waals surface area contributed by atoms with E-state index >= 15 is 0 Å². The molecule has 0 radical (unpaired) electrons. The van der Waals surface area contributed by atoms with Gasteiger partial charge >= 0.3 is 0 Å². The van der Waals surface area contributed by atoms with Crippen molar-refractivity contribution in [1.82, 2.24) is 4.98 Å². The number of thiazole rings is 1. The van der Waals surface area contributed by atoms with Crippen LogP contribution in [0.2, 0.25) is 0 Å². The van der Waals surface area contributed by atoms with Crippen molar-refractivity contribution in [2.75, 3.05) is 6.61 Å². The van der Waals surface area contributed by atoms with Crippen LogP contribution in [0, 0.1) is 0 Å². The first-order valence-corrected chi connectivity index (χ1v) is 8.05. The first kappa shape index (κ1) is 14.3. The SMILES string of the molecule is CC(C)(C)c1csc(CC(=O)c2ccc3c(c2)CCO3)n1. The molecule has 3 nitrogen and oxygen atoms in total. The van der Waals surface area contributed by atoms with Crippen LogP contribution in [0.4, 0.5) is 0 Å². The van der Waals surface area contributed by atoms with E-state index in [1.165, 1.54) is 0 Å². The zero-order valence-electron chi connectivity index (χ0n) is 12.6. The number of nitrogens with zero attached hydrogens (tertiary/aromatic N) is 1. The Hall–Kier alpha value is -1.68. The minimum Gasteiger partial charge on any atom is -0.493 e. The van der Waals surface area contributed by atoms with E-state index in [1.54, 1.807) is 11.3 Å².